The van der Waals surface area contributed by atoms with Crippen molar-refractivity contribution >= 4 is 31.9 Å². The van der Waals surface area contributed by atoms with Crippen LogP contribution in [0.1, 0.15) is 17.5 Å². The highest BCUT2D eigenvalue weighted by Gasteiger charge is 2.16. The quantitative estimate of drug-likeness (QED) is 0.908. The van der Waals surface area contributed by atoms with E-state index in [1.165, 1.54) is 0 Å². The highest BCUT2D eigenvalue weighted by molar-refractivity contribution is 9.11. The predicted molar refractivity (Wildman–Crippen MR) is 66.9 cm³/mol. The minimum Gasteiger partial charge on any atom is -0.380 e. The summed E-state index contributed by atoms with van der Waals surface area (Å²) in [6.45, 7) is 0. The second-order valence-electron chi connectivity index (χ2n) is 3.41. The molecule has 0 fully saturated rings. The van der Waals surface area contributed by atoms with Crippen LogP contribution in [0.15, 0.2) is 33.5 Å². The molecule has 0 aliphatic rings. The maximum Gasteiger partial charge on any atom is 0.166 e. The van der Waals surface area contributed by atoms with E-state index < -0.39 is 6.10 Å². The molecular formula is C10H9Br2N3O. The molecular weight excluding hydrogens is 338 g/mol. The van der Waals surface area contributed by atoms with Gasteiger partial charge in [0.05, 0.1) is 0 Å². The Bertz CT molecular complexity index is 492. The van der Waals surface area contributed by atoms with Gasteiger partial charge in [-0.3, -0.25) is 0 Å². The highest BCUT2D eigenvalue weighted by Crippen LogP contribution is 2.26. The van der Waals surface area contributed by atoms with Crippen molar-refractivity contribution in [2.24, 2.45) is 7.05 Å². The third-order valence-electron chi connectivity index (χ3n) is 2.19. The van der Waals surface area contributed by atoms with Crippen molar-refractivity contribution in [3.63, 3.8) is 0 Å². The van der Waals surface area contributed by atoms with Crippen molar-refractivity contribution in [3.8, 4) is 0 Å². The average molecular weight is 347 g/mol. The summed E-state index contributed by atoms with van der Waals surface area (Å²) in [5, 5.41) is 17.8. The Kier molecular flexibility index (Phi) is 3.41. The molecule has 1 unspecified atom stereocenters. The Morgan fingerprint density at radius 2 is 1.88 bits per heavy atom. The first-order valence-electron chi connectivity index (χ1n) is 4.56. The van der Waals surface area contributed by atoms with Crippen molar-refractivity contribution in [3.05, 3.63) is 44.9 Å². The third kappa shape index (κ3) is 2.34. The van der Waals surface area contributed by atoms with Crippen LogP contribution in [0, 0.1) is 0 Å². The van der Waals surface area contributed by atoms with E-state index in [1.807, 2.05) is 18.2 Å². The SMILES string of the molecule is Cn1cnnc1C(O)c1cc(Br)cc(Br)c1. The summed E-state index contributed by atoms with van der Waals surface area (Å²) < 4.78 is 3.50. The molecule has 1 N–H and O–H groups in total. The lowest BCUT2D eigenvalue weighted by Crippen LogP contribution is -2.07. The van der Waals surface area contributed by atoms with Gasteiger partial charge in [0.1, 0.15) is 12.4 Å². The van der Waals surface area contributed by atoms with E-state index in [4.69, 9.17) is 0 Å². The van der Waals surface area contributed by atoms with Crippen LogP contribution < -0.4 is 0 Å². The molecule has 4 nitrogen and oxygen atoms in total. The lowest BCUT2D eigenvalue weighted by molar-refractivity contribution is 0.205. The van der Waals surface area contributed by atoms with Crippen LogP contribution in [-0.4, -0.2) is 19.9 Å². The molecule has 16 heavy (non-hydrogen) atoms. The predicted octanol–water partition coefficient (Wildman–Crippen LogP) is 2.42. The van der Waals surface area contributed by atoms with Gasteiger partial charge in [0, 0.05) is 16.0 Å². The van der Waals surface area contributed by atoms with Gasteiger partial charge in [0.2, 0.25) is 0 Å². The summed E-state index contributed by atoms with van der Waals surface area (Å²) in [6, 6.07) is 5.61. The number of aryl methyl sites for hydroxylation is 1. The second kappa shape index (κ2) is 4.65. The summed E-state index contributed by atoms with van der Waals surface area (Å²) >= 11 is 6.76. The molecule has 1 atom stereocenters. The number of hydrogen-bond acceptors (Lipinski definition) is 3. The number of hydrogen-bond donors (Lipinski definition) is 1. The average Bonchev–Trinajstić information content (AvgIpc) is 2.62. The van der Waals surface area contributed by atoms with Crippen molar-refractivity contribution in [2.75, 3.05) is 0 Å². The summed E-state index contributed by atoms with van der Waals surface area (Å²) in [7, 11) is 1.80. The Morgan fingerprint density at radius 1 is 1.25 bits per heavy atom. The minimum absolute atomic E-state index is 0.519. The van der Waals surface area contributed by atoms with E-state index in [0.717, 1.165) is 14.5 Å². The van der Waals surface area contributed by atoms with E-state index in [0.29, 0.717) is 5.82 Å². The number of aromatic nitrogens is 3. The summed E-state index contributed by atoms with van der Waals surface area (Å²) in [5.74, 6) is 0.519. The maximum absolute atomic E-state index is 10.1. The van der Waals surface area contributed by atoms with Gasteiger partial charge in [-0.15, -0.1) is 10.2 Å². The van der Waals surface area contributed by atoms with E-state index >= 15 is 0 Å². The molecule has 0 aliphatic heterocycles. The Morgan fingerprint density at radius 3 is 2.38 bits per heavy atom. The molecule has 2 aromatic rings. The van der Waals surface area contributed by atoms with Gasteiger partial charge in [-0.2, -0.15) is 0 Å². The van der Waals surface area contributed by atoms with E-state index in [2.05, 4.69) is 42.1 Å². The van der Waals surface area contributed by atoms with E-state index in [-0.39, 0.29) is 0 Å². The van der Waals surface area contributed by atoms with Crippen LogP contribution in [0.5, 0.6) is 0 Å². The van der Waals surface area contributed by atoms with Crippen LogP contribution in [0.2, 0.25) is 0 Å². The first kappa shape index (κ1) is 11.8. The number of aliphatic hydroxyl groups excluding tert-OH is 1. The maximum atomic E-state index is 10.1. The molecule has 0 spiro atoms. The van der Waals surface area contributed by atoms with Crippen LogP contribution in [0.3, 0.4) is 0 Å². The van der Waals surface area contributed by atoms with Gasteiger partial charge in [-0.25, -0.2) is 0 Å². The van der Waals surface area contributed by atoms with Crippen LogP contribution in [-0.2, 0) is 7.05 Å². The Labute approximate surface area is 110 Å². The summed E-state index contributed by atoms with van der Waals surface area (Å²) in [5.41, 5.74) is 0.761. The zero-order chi connectivity index (χ0) is 11.7. The first-order valence-corrected chi connectivity index (χ1v) is 6.14. The van der Waals surface area contributed by atoms with Gasteiger partial charge in [-0.1, -0.05) is 31.9 Å². The lowest BCUT2D eigenvalue weighted by atomic mass is 10.1. The number of nitrogens with zero attached hydrogens (tertiary/aromatic N) is 3. The standard InChI is InChI=1S/C10H9Br2N3O/c1-15-5-13-14-10(15)9(16)6-2-7(11)4-8(12)3-6/h2-5,9,16H,1H3. The lowest BCUT2D eigenvalue weighted by Gasteiger charge is -2.10. The number of rotatable bonds is 2. The molecule has 84 valence electrons. The van der Waals surface area contributed by atoms with Crippen molar-refractivity contribution in [1.29, 1.82) is 0 Å². The topological polar surface area (TPSA) is 50.9 Å². The fourth-order valence-corrected chi connectivity index (χ4v) is 2.75. The van der Waals surface area contributed by atoms with Gasteiger partial charge < -0.3 is 9.67 Å². The fraction of sp³-hybridized carbons (Fsp3) is 0.200. The van der Waals surface area contributed by atoms with Crippen molar-refractivity contribution in [2.45, 2.75) is 6.10 Å². The molecule has 6 heteroatoms. The molecule has 0 aliphatic carbocycles. The zero-order valence-electron chi connectivity index (χ0n) is 8.43. The second-order valence-corrected chi connectivity index (χ2v) is 5.24. The molecule has 1 aromatic heterocycles. The van der Waals surface area contributed by atoms with Crippen molar-refractivity contribution in [1.82, 2.24) is 14.8 Å². The van der Waals surface area contributed by atoms with Crippen molar-refractivity contribution < 1.29 is 5.11 Å². The summed E-state index contributed by atoms with van der Waals surface area (Å²) in [6.07, 6.45) is 0.785. The monoisotopic (exact) mass is 345 g/mol. The third-order valence-corrected chi connectivity index (χ3v) is 3.11. The zero-order valence-corrected chi connectivity index (χ0v) is 11.6. The van der Waals surface area contributed by atoms with Gasteiger partial charge in [0.15, 0.2) is 5.82 Å². The number of halogens is 2. The molecule has 0 saturated carbocycles. The number of benzene rings is 1. The van der Waals surface area contributed by atoms with Crippen LogP contribution in [0.25, 0.3) is 0 Å². The van der Waals surface area contributed by atoms with Crippen LogP contribution in [0.4, 0.5) is 0 Å². The molecule has 0 saturated heterocycles. The molecule has 2 rings (SSSR count). The smallest absolute Gasteiger partial charge is 0.166 e. The number of aliphatic hydroxyl groups is 1. The van der Waals surface area contributed by atoms with Gasteiger partial charge in [0.25, 0.3) is 0 Å². The Hall–Kier alpha value is -0.720. The van der Waals surface area contributed by atoms with Crippen LogP contribution >= 0.6 is 31.9 Å². The largest absolute Gasteiger partial charge is 0.380 e. The Balaban J connectivity index is 2.41. The normalized spacial score (nSPS) is 12.8. The molecule has 0 amide bonds. The van der Waals surface area contributed by atoms with E-state index in [9.17, 15) is 5.11 Å². The molecule has 1 aromatic carbocycles. The molecule has 1 heterocycles. The highest BCUT2D eigenvalue weighted by atomic mass is 79.9. The van der Waals surface area contributed by atoms with E-state index in [1.54, 1.807) is 17.9 Å². The first-order chi connectivity index (χ1) is 7.58. The fourth-order valence-electron chi connectivity index (χ4n) is 1.42. The van der Waals surface area contributed by atoms with Gasteiger partial charge >= 0.3 is 0 Å². The minimum atomic E-state index is -0.777. The summed E-state index contributed by atoms with van der Waals surface area (Å²) in [4.78, 5) is 0. The van der Waals surface area contributed by atoms with Gasteiger partial charge in [-0.05, 0) is 23.8 Å². The molecule has 0 radical (unpaired) electrons. The molecule has 0 bridgehead atoms.